The fraction of sp³-hybridized carbons (Fsp3) is 0.294. The van der Waals surface area contributed by atoms with Gasteiger partial charge in [0.25, 0.3) is 0 Å². The molecule has 0 heterocycles. The van der Waals surface area contributed by atoms with Gasteiger partial charge in [0, 0.05) is 0 Å². The summed E-state index contributed by atoms with van der Waals surface area (Å²) in [6.07, 6.45) is 1.91. The predicted molar refractivity (Wildman–Crippen MR) is 79.4 cm³/mol. The van der Waals surface area contributed by atoms with Gasteiger partial charge in [0.1, 0.15) is 11.6 Å². The zero-order valence-electron chi connectivity index (χ0n) is 11.5. The molecule has 0 amide bonds. The number of hydrogen-bond donors (Lipinski definition) is 1. The van der Waals surface area contributed by atoms with Gasteiger partial charge in [0.2, 0.25) is 0 Å². The molecule has 0 aromatic heterocycles. The maximum absolute atomic E-state index is 12.7. The second kappa shape index (κ2) is 7.65. The van der Waals surface area contributed by atoms with Crippen LogP contribution in [0, 0.1) is 5.82 Å². The van der Waals surface area contributed by atoms with Crippen LogP contribution in [-0.2, 0) is 0 Å². The van der Waals surface area contributed by atoms with Gasteiger partial charge in [-0.15, -0.1) is 0 Å². The second-order valence-electron chi connectivity index (χ2n) is 4.79. The Labute approximate surface area is 119 Å². The molecule has 0 aliphatic heterocycles. The average molecular weight is 273 g/mol. The number of hydrogen-bond acceptors (Lipinski definition) is 2. The van der Waals surface area contributed by atoms with E-state index in [1.54, 1.807) is 12.1 Å². The smallest absolute Gasteiger partial charge is 0.123 e. The first-order chi connectivity index (χ1) is 9.79. The minimum Gasteiger partial charge on any atom is -0.494 e. The van der Waals surface area contributed by atoms with Crippen molar-refractivity contribution in [2.45, 2.75) is 18.8 Å². The van der Waals surface area contributed by atoms with E-state index in [1.807, 2.05) is 18.2 Å². The van der Waals surface area contributed by atoms with Gasteiger partial charge in [0.15, 0.2) is 0 Å². The maximum Gasteiger partial charge on any atom is 0.123 e. The largest absolute Gasteiger partial charge is 0.494 e. The first-order valence-electron chi connectivity index (χ1n) is 6.93. The van der Waals surface area contributed by atoms with E-state index in [0.29, 0.717) is 24.8 Å². The van der Waals surface area contributed by atoms with Crippen LogP contribution in [0.25, 0.3) is 0 Å². The van der Waals surface area contributed by atoms with Crippen LogP contribution in [0.5, 0.6) is 5.75 Å². The highest BCUT2D eigenvalue weighted by molar-refractivity contribution is 5.22. The van der Waals surface area contributed by atoms with Gasteiger partial charge in [-0.3, -0.25) is 0 Å². The third-order valence-electron chi connectivity index (χ3n) is 3.33. The van der Waals surface area contributed by atoms with Crippen LogP contribution in [-0.4, -0.2) is 13.2 Å². The Morgan fingerprint density at radius 1 is 1.00 bits per heavy atom. The van der Waals surface area contributed by atoms with Crippen LogP contribution in [0.2, 0.25) is 0 Å². The molecule has 0 saturated carbocycles. The molecule has 106 valence electrons. The molecule has 2 rings (SSSR count). The van der Waals surface area contributed by atoms with E-state index in [9.17, 15) is 4.39 Å². The van der Waals surface area contributed by atoms with E-state index in [0.717, 1.165) is 12.8 Å². The van der Waals surface area contributed by atoms with Crippen molar-refractivity contribution in [2.24, 2.45) is 5.73 Å². The molecule has 2 nitrogen and oxygen atoms in total. The molecule has 3 heteroatoms. The normalized spacial score (nSPS) is 12.1. The lowest BCUT2D eigenvalue weighted by molar-refractivity contribution is 0.301. The predicted octanol–water partition coefficient (Wildman–Crippen LogP) is 3.73. The van der Waals surface area contributed by atoms with Crippen molar-refractivity contribution in [3.63, 3.8) is 0 Å². The highest BCUT2D eigenvalue weighted by Crippen LogP contribution is 2.20. The molecule has 2 N–H and O–H groups in total. The summed E-state index contributed by atoms with van der Waals surface area (Å²) in [6, 6.07) is 16.4. The molecule has 0 fully saturated rings. The molecular weight excluding hydrogens is 253 g/mol. The highest BCUT2D eigenvalue weighted by Gasteiger charge is 2.08. The third-order valence-corrected chi connectivity index (χ3v) is 3.33. The lowest BCUT2D eigenvalue weighted by Crippen LogP contribution is -2.13. The summed E-state index contributed by atoms with van der Waals surface area (Å²) in [5.41, 5.74) is 7.11. The van der Waals surface area contributed by atoms with Crippen LogP contribution >= 0.6 is 0 Å². The zero-order chi connectivity index (χ0) is 14.2. The van der Waals surface area contributed by atoms with E-state index in [2.05, 4.69) is 12.1 Å². The molecule has 0 saturated heterocycles. The van der Waals surface area contributed by atoms with Crippen molar-refractivity contribution < 1.29 is 9.13 Å². The Hall–Kier alpha value is -1.87. The minimum absolute atomic E-state index is 0.246. The third kappa shape index (κ3) is 4.35. The molecule has 0 radical (unpaired) electrons. The maximum atomic E-state index is 12.7. The lowest BCUT2D eigenvalue weighted by atomic mass is 9.95. The van der Waals surface area contributed by atoms with E-state index >= 15 is 0 Å². The van der Waals surface area contributed by atoms with Gasteiger partial charge in [0.05, 0.1) is 6.61 Å². The Morgan fingerprint density at radius 3 is 2.35 bits per heavy atom. The van der Waals surface area contributed by atoms with Gasteiger partial charge in [-0.05, 0) is 55.1 Å². The van der Waals surface area contributed by atoms with Crippen molar-refractivity contribution in [3.8, 4) is 5.75 Å². The molecule has 0 bridgehead atoms. The zero-order valence-corrected chi connectivity index (χ0v) is 11.5. The molecule has 0 aliphatic carbocycles. The summed E-state index contributed by atoms with van der Waals surface area (Å²) >= 11 is 0. The molecular formula is C17H20FNO. The van der Waals surface area contributed by atoms with Crippen molar-refractivity contribution in [1.82, 2.24) is 0 Å². The minimum atomic E-state index is -0.246. The highest BCUT2D eigenvalue weighted by atomic mass is 19.1. The van der Waals surface area contributed by atoms with Gasteiger partial charge in [-0.1, -0.05) is 30.3 Å². The number of ether oxygens (including phenoxy) is 1. The molecule has 0 aliphatic rings. The molecule has 1 atom stereocenters. The van der Waals surface area contributed by atoms with E-state index in [4.69, 9.17) is 10.5 Å². The van der Waals surface area contributed by atoms with E-state index in [1.165, 1.54) is 17.7 Å². The Bertz CT molecular complexity index is 498. The molecule has 1 unspecified atom stereocenters. The second-order valence-corrected chi connectivity index (χ2v) is 4.79. The summed E-state index contributed by atoms with van der Waals surface area (Å²) in [5, 5.41) is 0. The van der Waals surface area contributed by atoms with Crippen molar-refractivity contribution in [3.05, 3.63) is 66.0 Å². The number of nitrogens with two attached hydrogens (primary N) is 1. The monoisotopic (exact) mass is 273 g/mol. The summed E-state index contributed by atoms with van der Waals surface area (Å²) in [4.78, 5) is 0. The molecule has 0 spiro atoms. The van der Waals surface area contributed by atoms with Crippen LogP contribution in [0.3, 0.4) is 0 Å². The first-order valence-corrected chi connectivity index (χ1v) is 6.93. The number of halogens is 1. The van der Waals surface area contributed by atoms with Crippen molar-refractivity contribution in [2.75, 3.05) is 13.2 Å². The average Bonchev–Trinajstić information content (AvgIpc) is 2.50. The summed E-state index contributed by atoms with van der Waals surface area (Å²) in [6.45, 7) is 1.26. The summed E-state index contributed by atoms with van der Waals surface area (Å²) < 4.78 is 18.3. The van der Waals surface area contributed by atoms with Gasteiger partial charge in [-0.25, -0.2) is 4.39 Å². The Balaban J connectivity index is 1.76. The standard InChI is InChI=1S/C17H20FNO/c18-16-8-10-17(11-9-16)20-12-4-7-15(13-19)14-5-2-1-3-6-14/h1-3,5-6,8-11,15H,4,7,12-13,19H2. The van der Waals surface area contributed by atoms with Gasteiger partial charge >= 0.3 is 0 Å². The Morgan fingerprint density at radius 2 is 1.70 bits per heavy atom. The Kier molecular flexibility index (Phi) is 5.56. The van der Waals surface area contributed by atoms with E-state index < -0.39 is 0 Å². The molecule has 2 aromatic rings. The number of benzene rings is 2. The van der Waals surface area contributed by atoms with Crippen LogP contribution in [0.15, 0.2) is 54.6 Å². The summed E-state index contributed by atoms with van der Waals surface area (Å²) in [7, 11) is 0. The van der Waals surface area contributed by atoms with Gasteiger partial charge < -0.3 is 10.5 Å². The summed E-state index contributed by atoms with van der Waals surface area (Å²) in [5.74, 6) is 0.827. The molecule has 2 aromatic carbocycles. The first kappa shape index (κ1) is 14.5. The molecule has 20 heavy (non-hydrogen) atoms. The van der Waals surface area contributed by atoms with E-state index in [-0.39, 0.29) is 5.82 Å². The van der Waals surface area contributed by atoms with Crippen LogP contribution < -0.4 is 10.5 Å². The SMILES string of the molecule is NCC(CCCOc1ccc(F)cc1)c1ccccc1. The van der Waals surface area contributed by atoms with Crippen LogP contribution in [0.4, 0.5) is 4.39 Å². The van der Waals surface area contributed by atoms with Gasteiger partial charge in [-0.2, -0.15) is 0 Å². The van der Waals surface area contributed by atoms with Crippen LogP contribution in [0.1, 0.15) is 24.3 Å². The lowest BCUT2D eigenvalue weighted by Gasteiger charge is -2.15. The fourth-order valence-electron chi connectivity index (χ4n) is 2.20. The fourth-order valence-corrected chi connectivity index (χ4v) is 2.20. The topological polar surface area (TPSA) is 35.2 Å². The quantitative estimate of drug-likeness (QED) is 0.780. The van der Waals surface area contributed by atoms with Crippen molar-refractivity contribution in [1.29, 1.82) is 0 Å². The van der Waals surface area contributed by atoms with Crippen molar-refractivity contribution >= 4 is 0 Å². The number of rotatable bonds is 7.